The zero-order valence-electron chi connectivity index (χ0n) is 20.8. The maximum Gasteiger partial charge on any atom is 0.234 e. The fraction of sp³-hybridized carbons (Fsp3) is 0.333. The molecule has 0 saturated carbocycles. The molecule has 188 valence electrons. The van der Waals surface area contributed by atoms with Crippen LogP contribution in [-0.4, -0.2) is 66.6 Å². The molecule has 3 aromatic carbocycles. The minimum absolute atomic E-state index is 0.0913. The molecule has 4 rings (SSSR count). The average molecular weight is 501 g/mol. The van der Waals surface area contributed by atoms with E-state index < -0.39 is 0 Å². The molecule has 0 aliphatic carbocycles. The van der Waals surface area contributed by atoms with E-state index in [9.17, 15) is 4.79 Å². The highest BCUT2D eigenvalue weighted by Crippen LogP contribution is 2.23. The van der Waals surface area contributed by atoms with E-state index in [0.29, 0.717) is 13.1 Å². The summed E-state index contributed by atoms with van der Waals surface area (Å²) in [5, 5.41) is 7.39. The molecule has 1 amide bonds. The van der Waals surface area contributed by atoms with Gasteiger partial charge in [-0.2, -0.15) is 0 Å². The Morgan fingerprint density at radius 2 is 1.39 bits per heavy atom. The molecule has 0 aromatic heterocycles. The van der Waals surface area contributed by atoms with Crippen molar-refractivity contribution in [2.45, 2.75) is 18.8 Å². The molecule has 36 heavy (non-hydrogen) atoms. The molecule has 1 aliphatic heterocycles. The highest BCUT2D eigenvalue weighted by Gasteiger charge is 2.20. The Labute approximate surface area is 220 Å². The lowest BCUT2D eigenvalue weighted by molar-refractivity contribution is -0.122. The summed E-state index contributed by atoms with van der Waals surface area (Å²) in [6, 6.07) is 31.4. The molecule has 0 bridgehead atoms. The van der Waals surface area contributed by atoms with Crippen LogP contribution in [0.1, 0.15) is 29.0 Å². The number of carbonyl (C=O) groups is 1. The predicted molar refractivity (Wildman–Crippen MR) is 151 cm³/mol. The third-order valence-corrected chi connectivity index (χ3v) is 7.09. The highest BCUT2D eigenvalue weighted by atomic mass is 32.1. The average Bonchev–Trinajstić information content (AvgIpc) is 3.16. The number of amides is 1. The maximum absolute atomic E-state index is 12.5. The van der Waals surface area contributed by atoms with E-state index in [4.69, 9.17) is 12.2 Å². The molecule has 0 spiro atoms. The Morgan fingerprint density at radius 3 is 2.03 bits per heavy atom. The van der Waals surface area contributed by atoms with Gasteiger partial charge in [0.1, 0.15) is 0 Å². The lowest BCUT2D eigenvalue weighted by atomic mass is 9.91. The van der Waals surface area contributed by atoms with Crippen molar-refractivity contribution in [1.29, 1.82) is 0 Å². The van der Waals surface area contributed by atoms with Gasteiger partial charge in [0.2, 0.25) is 5.91 Å². The molecule has 0 radical (unpaired) electrons. The summed E-state index contributed by atoms with van der Waals surface area (Å²) in [4.78, 5) is 17.0. The molecular weight excluding hydrogens is 464 g/mol. The number of hydrogen-bond acceptors (Lipinski definition) is 3. The van der Waals surface area contributed by atoms with Crippen molar-refractivity contribution in [3.8, 4) is 0 Å². The zero-order valence-corrected chi connectivity index (χ0v) is 21.6. The number of nitrogens with zero attached hydrogens (tertiary/aromatic N) is 2. The monoisotopic (exact) mass is 500 g/mol. The van der Waals surface area contributed by atoms with Gasteiger partial charge in [0.25, 0.3) is 0 Å². The van der Waals surface area contributed by atoms with Gasteiger partial charge in [0.15, 0.2) is 5.11 Å². The third-order valence-electron chi connectivity index (χ3n) is 6.68. The number of hydrogen-bond donors (Lipinski definition) is 2. The van der Waals surface area contributed by atoms with Crippen molar-refractivity contribution in [2.75, 3.05) is 45.8 Å². The zero-order chi connectivity index (χ0) is 25.0. The van der Waals surface area contributed by atoms with E-state index in [2.05, 4.69) is 93.2 Å². The summed E-state index contributed by atoms with van der Waals surface area (Å²) in [5.41, 5.74) is 3.80. The van der Waals surface area contributed by atoms with Gasteiger partial charge in [0.05, 0.1) is 6.54 Å². The normalized spacial score (nSPS) is 14.3. The number of carbonyl (C=O) groups excluding carboxylic acids is 1. The van der Waals surface area contributed by atoms with E-state index in [1.54, 1.807) is 0 Å². The van der Waals surface area contributed by atoms with Crippen LogP contribution < -0.4 is 10.6 Å². The topological polar surface area (TPSA) is 47.6 Å². The molecule has 1 aliphatic rings. The van der Waals surface area contributed by atoms with Crippen LogP contribution in [0.5, 0.6) is 0 Å². The first-order valence-electron chi connectivity index (χ1n) is 12.8. The molecule has 1 heterocycles. The smallest absolute Gasteiger partial charge is 0.234 e. The van der Waals surface area contributed by atoms with E-state index in [0.717, 1.165) is 50.7 Å². The summed E-state index contributed by atoms with van der Waals surface area (Å²) in [5.74, 6) is 0.321. The van der Waals surface area contributed by atoms with Crippen LogP contribution in [0, 0.1) is 0 Å². The first-order chi connectivity index (χ1) is 17.7. The summed E-state index contributed by atoms with van der Waals surface area (Å²) in [7, 11) is 0. The molecule has 3 aromatic rings. The van der Waals surface area contributed by atoms with Gasteiger partial charge < -0.3 is 15.5 Å². The lowest BCUT2D eigenvalue weighted by Gasteiger charge is -2.27. The van der Waals surface area contributed by atoms with Crippen LogP contribution in [0.2, 0.25) is 0 Å². The van der Waals surface area contributed by atoms with Gasteiger partial charge in [-0.1, -0.05) is 91.0 Å². The van der Waals surface area contributed by atoms with Crippen LogP contribution in [0.15, 0.2) is 91.0 Å². The van der Waals surface area contributed by atoms with Crippen molar-refractivity contribution < 1.29 is 4.79 Å². The minimum Gasteiger partial charge on any atom is -0.362 e. The van der Waals surface area contributed by atoms with Crippen molar-refractivity contribution >= 4 is 23.2 Å². The molecular formula is C30H36N4OS. The molecule has 1 fully saturated rings. The van der Waals surface area contributed by atoms with E-state index in [1.807, 2.05) is 18.2 Å². The SMILES string of the molecule is O=C(CN1CCCN(C(=S)NCC(c2ccccc2)c2ccccc2)CC1)NCCc1ccccc1. The van der Waals surface area contributed by atoms with Crippen molar-refractivity contribution in [3.63, 3.8) is 0 Å². The standard InChI is InChI=1S/C30H36N4OS/c35-29(31-18-17-25-11-4-1-5-12-25)24-33-19-10-20-34(22-21-33)30(36)32-23-28(26-13-6-2-7-14-26)27-15-8-3-9-16-27/h1-9,11-16,28H,10,17-24H2,(H,31,35)(H,32,36). The molecule has 0 atom stereocenters. The molecule has 6 heteroatoms. The number of rotatable bonds is 9. The van der Waals surface area contributed by atoms with Crippen LogP contribution in [0.3, 0.4) is 0 Å². The van der Waals surface area contributed by atoms with E-state index in [1.165, 1.54) is 16.7 Å². The van der Waals surface area contributed by atoms with Crippen LogP contribution >= 0.6 is 12.2 Å². The fourth-order valence-electron chi connectivity index (χ4n) is 4.68. The second kappa shape index (κ2) is 13.8. The van der Waals surface area contributed by atoms with E-state index >= 15 is 0 Å². The third kappa shape index (κ3) is 7.90. The predicted octanol–water partition coefficient (Wildman–Crippen LogP) is 4.06. The van der Waals surface area contributed by atoms with E-state index in [-0.39, 0.29) is 11.8 Å². The van der Waals surface area contributed by atoms with Gasteiger partial charge in [-0.05, 0) is 41.7 Å². The molecule has 5 nitrogen and oxygen atoms in total. The van der Waals surface area contributed by atoms with Crippen LogP contribution in [0.4, 0.5) is 0 Å². The van der Waals surface area contributed by atoms with Crippen molar-refractivity contribution in [1.82, 2.24) is 20.4 Å². The number of thiocarbonyl (C=S) groups is 1. The Kier molecular flexibility index (Phi) is 9.88. The second-order valence-corrected chi connectivity index (χ2v) is 9.65. The molecule has 1 saturated heterocycles. The van der Waals surface area contributed by atoms with Crippen molar-refractivity contribution in [2.24, 2.45) is 0 Å². The Balaban J connectivity index is 1.23. The number of benzene rings is 3. The maximum atomic E-state index is 12.5. The first-order valence-corrected chi connectivity index (χ1v) is 13.3. The Morgan fingerprint density at radius 1 is 0.778 bits per heavy atom. The Hall–Kier alpha value is -3.22. The van der Waals surface area contributed by atoms with Gasteiger partial charge in [0, 0.05) is 45.2 Å². The van der Waals surface area contributed by atoms with Crippen LogP contribution in [0.25, 0.3) is 0 Å². The largest absolute Gasteiger partial charge is 0.362 e. The quantitative estimate of drug-likeness (QED) is 0.434. The Bertz CT molecular complexity index is 1040. The van der Waals surface area contributed by atoms with Gasteiger partial charge in [-0.15, -0.1) is 0 Å². The summed E-state index contributed by atoms with van der Waals surface area (Å²) in [6.45, 7) is 5.31. The summed E-state index contributed by atoms with van der Waals surface area (Å²) < 4.78 is 0. The second-order valence-electron chi connectivity index (χ2n) is 9.26. The molecule has 2 N–H and O–H groups in total. The number of nitrogens with one attached hydrogen (secondary N) is 2. The highest BCUT2D eigenvalue weighted by molar-refractivity contribution is 7.80. The fourth-order valence-corrected chi connectivity index (χ4v) is 4.95. The van der Waals surface area contributed by atoms with Gasteiger partial charge in [-0.3, -0.25) is 9.69 Å². The van der Waals surface area contributed by atoms with Crippen molar-refractivity contribution in [3.05, 3.63) is 108 Å². The lowest BCUT2D eigenvalue weighted by Crippen LogP contribution is -2.44. The summed E-state index contributed by atoms with van der Waals surface area (Å²) in [6.07, 6.45) is 1.84. The summed E-state index contributed by atoms with van der Waals surface area (Å²) >= 11 is 5.80. The molecule has 0 unspecified atom stereocenters. The van der Waals surface area contributed by atoms with Crippen LogP contribution in [-0.2, 0) is 11.2 Å². The minimum atomic E-state index is 0.0913. The first kappa shape index (κ1) is 25.9. The van der Waals surface area contributed by atoms with Gasteiger partial charge >= 0.3 is 0 Å². The van der Waals surface area contributed by atoms with Gasteiger partial charge in [-0.25, -0.2) is 0 Å².